The molecule has 0 aliphatic carbocycles. The standard InChI is InChI=1S/C28H43N3/c1-2-3-4-5-6-7-8-9-10-11-12-13-14-15-20-28(30-24-22-29-25-30)31-23-21-26-18-16-17-19-27(26)31/h16-19,21-25,28H,2-15,20H2,1H3. The Hall–Kier alpha value is -2.03. The van der Waals surface area contributed by atoms with Crippen molar-refractivity contribution >= 4 is 10.9 Å². The minimum Gasteiger partial charge on any atom is -0.326 e. The van der Waals surface area contributed by atoms with Crippen molar-refractivity contribution in [3.8, 4) is 0 Å². The van der Waals surface area contributed by atoms with Gasteiger partial charge in [-0.1, -0.05) is 109 Å². The smallest absolute Gasteiger partial charge is 0.111 e. The van der Waals surface area contributed by atoms with Crippen LogP contribution in [-0.4, -0.2) is 14.1 Å². The van der Waals surface area contributed by atoms with Gasteiger partial charge >= 0.3 is 0 Å². The molecule has 2 aromatic heterocycles. The van der Waals surface area contributed by atoms with E-state index < -0.39 is 0 Å². The van der Waals surface area contributed by atoms with Crippen LogP contribution in [-0.2, 0) is 0 Å². The van der Waals surface area contributed by atoms with Gasteiger partial charge in [0, 0.05) is 24.1 Å². The lowest BCUT2D eigenvalue weighted by molar-refractivity contribution is 0.391. The Morgan fingerprint density at radius 2 is 1.32 bits per heavy atom. The lowest BCUT2D eigenvalue weighted by Crippen LogP contribution is -2.16. The van der Waals surface area contributed by atoms with Crippen molar-refractivity contribution in [2.75, 3.05) is 0 Å². The van der Waals surface area contributed by atoms with E-state index in [1.807, 2.05) is 12.5 Å². The fourth-order valence-electron chi connectivity index (χ4n) is 4.76. The van der Waals surface area contributed by atoms with Gasteiger partial charge in [0.15, 0.2) is 0 Å². The van der Waals surface area contributed by atoms with Crippen LogP contribution in [0, 0.1) is 0 Å². The lowest BCUT2D eigenvalue weighted by Gasteiger charge is -2.22. The molecular weight excluding hydrogens is 378 g/mol. The molecule has 0 aliphatic heterocycles. The second-order valence-corrected chi connectivity index (χ2v) is 9.16. The van der Waals surface area contributed by atoms with Gasteiger partial charge in [-0.25, -0.2) is 4.98 Å². The first-order valence-corrected chi connectivity index (χ1v) is 12.9. The Morgan fingerprint density at radius 1 is 0.710 bits per heavy atom. The third-order valence-corrected chi connectivity index (χ3v) is 6.64. The number of unbranched alkanes of at least 4 members (excludes halogenated alkanes) is 13. The van der Waals surface area contributed by atoms with Crippen molar-refractivity contribution in [2.24, 2.45) is 0 Å². The Kier molecular flexibility index (Phi) is 10.8. The van der Waals surface area contributed by atoms with Gasteiger partial charge in [-0.15, -0.1) is 0 Å². The van der Waals surface area contributed by atoms with Crippen molar-refractivity contribution in [3.63, 3.8) is 0 Å². The molecule has 31 heavy (non-hydrogen) atoms. The van der Waals surface area contributed by atoms with Gasteiger partial charge in [-0.2, -0.15) is 0 Å². The van der Waals surface area contributed by atoms with E-state index >= 15 is 0 Å². The third-order valence-electron chi connectivity index (χ3n) is 6.64. The summed E-state index contributed by atoms with van der Waals surface area (Å²) in [7, 11) is 0. The number of nitrogens with zero attached hydrogens (tertiary/aromatic N) is 3. The van der Waals surface area contributed by atoms with E-state index in [0.29, 0.717) is 6.17 Å². The van der Waals surface area contributed by atoms with E-state index in [-0.39, 0.29) is 0 Å². The maximum Gasteiger partial charge on any atom is 0.111 e. The summed E-state index contributed by atoms with van der Waals surface area (Å²) in [4.78, 5) is 4.30. The molecule has 0 fully saturated rings. The number of benzene rings is 1. The highest BCUT2D eigenvalue weighted by Crippen LogP contribution is 2.25. The van der Waals surface area contributed by atoms with Crippen molar-refractivity contribution in [1.82, 2.24) is 14.1 Å². The number of aromatic nitrogens is 3. The number of hydrogen-bond donors (Lipinski definition) is 0. The average molecular weight is 422 g/mol. The maximum absolute atomic E-state index is 4.30. The molecule has 170 valence electrons. The first-order valence-electron chi connectivity index (χ1n) is 12.9. The predicted molar refractivity (Wildman–Crippen MR) is 134 cm³/mol. The van der Waals surface area contributed by atoms with Gasteiger partial charge in [-0.3, -0.25) is 0 Å². The normalized spacial score (nSPS) is 12.5. The second kappa shape index (κ2) is 14.1. The highest BCUT2D eigenvalue weighted by atomic mass is 15.2. The summed E-state index contributed by atoms with van der Waals surface area (Å²) in [5.74, 6) is 0. The summed E-state index contributed by atoms with van der Waals surface area (Å²) in [5, 5.41) is 1.31. The summed E-state index contributed by atoms with van der Waals surface area (Å²) in [6.07, 6.45) is 29.4. The molecule has 3 aromatic rings. The number of imidazole rings is 1. The Bertz CT molecular complexity index is 818. The second-order valence-electron chi connectivity index (χ2n) is 9.16. The zero-order valence-electron chi connectivity index (χ0n) is 19.7. The Morgan fingerprint density at radius 3 is 1.94 bits per heavy atom. The molecule has 3 heteroatoms. The predicted octanol–water partition coefficient (Wildman–Crippen LogP) is 8.76. The van der Waals surface area contributed by atoms with E-state index in [0.717, 1.165) is 6.42 Å². The highest BCUT2D eigenvalue weighted by Gasteiger charge is 2.14. The molecule has 0 aliphatic rings. The van der Waals surface area contributed by atoms with Gasteiger partial charge in [0.2, 0.25) is 0 Å². The summed E-state index contributed by atoms with van der Waals surface area (Å²) in [6.45, 7) is 2.29. The van der Waals surface area contributed by atoms with Crippen LogP contribution in [0.4, 0.5) is 0 Å². The van der Waals surface area contributed by atoms with Gasteiger partial charge in [0.1, 0.15) is 6.17 Å². The minimum atomic E-state index is 0.319. The molecule has 2 heterocycles. The van der Waals surface area contributed by atoms with Crippen LogP contribution in [0.25, 0.3) is 10.9 Å². The number of fused-ring (bicyclic) bond motifs is 1. The van der Waals surface area contributed by atoms with E-state index in [4.69, 9.17) is 0 Å². The quantitative estimate of drug-likeness (QED) is 0.200. The van der Waals surface area contributed by atoms with Gasteiger partial charge in [-0.05, 0) is 30.4 Å². The number of hydrogen-bond acceptors (Lipinski definition) is 1. The monoisotopic (exact) mass is 421 g/mol. The molecule has 0 radical (unpaired) electrons. The molecule has 0 bridgehead atoms. The summed E-state index contributed by atoms with van der Waals surface area (Å²) < 4.78 is 4.67. The summed E-state index contributed by atoms with van der Waals surface area (Å²) >= 11 is 0. The molecule has 3 rings (SSSR count). The Labute approximate surface area is 189 Å². The zero-order chi connectivity index (χ0) is 21.6. The molecule has 3 nitrogen and oxygen atoms in total. The SMILES string of the molecule is CCCCCCCCCCCCCCCCC(n1ccnc1)n1ccc2ccccc21. The highest BCUT2D eigenvalue weighted by molar-refractivity contribution is 5.80. The van der Waals surface area contributed by atoms with Crippen LogP contribution in [0.5, 0.6) is 0 Å². The van der Waals surface area contributed by atoms with Gasteiger partial charge in [0.05, 0.1) is 6.33 Å². The minimum absolute atomic E-state index is 0.319. The average Bonchev–Trinajstić information content (AvgIpc) is 3.47. The van der Waals surface area contributed by atoms with Crippen molar-refractivity contribution in [2.45, 2.75) is 109 Å². The van der Waals surface area contributed by atoms with Crippen molar-refractivity contribution < 1.29 is 0 Å². The lowest BCUT2D eigenvalue weighted by atomic mass is 10.0. The maximum atomic E-state index is 4.30. The molecule has 0 saturated heterocycles. The molecule has 0 N–H and O–H groups in total. The van der Waals surface area contributed by atoms with Crippen LogP contribution in [0.1, 0.15) is 109 Å². The van der Waals surface area contributed by atoms with Crippen LogP contribution in [0.3, 0.4) is 0 Å². The largest absolute Gasteiger partial charge is 0.326 e. The van der Waals surface area contributed by atoms with E-state index in [9.17, 15) is 0 Å². The molecular formula is C28H43N3. The van der Waals surface area contributed by atoms with Crippen molar-refractivity contribution in [3.05, 3.63) is 55.2 Å². The van der Waals surface area contributed by atoms with E-state index in [2.05, 4.69) is 63.8 Å². The molecule has 1 aromatic carbocycles. The first-order chi connectivity index (χ1) is 15.4. The van der Waals surface area contributed by atoms with E-state index in [1.54, 1.807) is 0 Å². The Balaban J connectivity index is 1.30. The molecule has 0 saturated carbocycles. The zero-order valence-corrected chi connectivity index (χ0v) is 19.7. The topological polar surface area (TPSA) is 22.8 Å². The molecule has 0 amide bonds. The number of para-hydroxylation sites is 1. The van der Waals surface area contributed by atoms with Crippen LogP contribution < -0.4 is 0 Å². The molecule has 0 spiro atoms. The first kappa shape index (κ1) is 23.6. The fraction of sp³-hybridized carbons (Fsp3) is 0.607. The van der Waals surface area contributed by atoms with Crippen LogP contribution >= 0.6 is 0 Å². The van der Waals surface area contributed by atoms with Gasteiger partial charge < -0.3 is 9.13 Å². The number of rotatable bonds is 17. The molecule has 1 unspecified atom stereocenters. The fourth-order valence-corrected chi connectivity index (χ4v) is 4.76. The third kappa shape index (κ3) is 7.87. The van der Waals surface area contributed by atoms with Gasteiger partial charge in [0.25, 0.3) is 0 Å². The van der Waals surface area contributed by atoms with Crippen molar-refractivity contribution in [1.29, 1.82) is 0 Å². The van der Waals surface area contributed by atoms with Crippen LogP contribution in [0.2, 0.25) is 0 Å². The van der Waals surface area contributed by atoms with E-state index in [1.165, 1.54) is 101 Å². The van der Waals surface area contributed by atoms with Crippen LogP contribution in [0.15, 0.2) is 55.2 Å². The summed E-state index contributed by atoms with van der Waals surface area (Å²) in [5.41, 5.74) is 1.31. The summed E-state index contributed by atoms with van der Waals surface area (Å²) in [6, 6.07) is 10.9. The molecule has 1 atom stereocenters.